The number of sulfonamides is 1. The molecule has 0 amide bonds. The van der Waals surface area contributed by atoms with Gasteiger partial charge in [0.1, 0.15) is 5.76 Å². The van der Waals surface area contributed by atoms with Gasteiger partial charge in [0.2, 0.25) is 10.0 Å². The first-order valence-corrected chi connectivity index (χ1v) is 8.39. The molecule has 21 heavy (non-hydrogen) atoms. The molecule has 0 saturated carbocycles. The summed E-state index contributed by atoms with van der Waals surface area (Å²) in [5.41, 5.74) is 0.934. The molecule has 2 aromatic heterocycles. The van der Waals surface area contributed by atoms with Crippen LogP contribution in [0.3, 0.4) is 0 Å². The van der Waals surface area contributed by atoms with Crippen molar-refractivity contribution < 1.29 is 12.8 Å². The van der Waals surface area contributed by atoms with Gasteiger partial charge in [-0.2, -0.15) is 0 Å². The van der Waals surface area contributed by atoms with Crippen molar-refractivity contribution >= 4 is 10.0 Å². The molecule has 0 aromatic carbocycles. The summed E-state index contributed by atoms with van der Waals surface area (Å²) >= 11 is 0. The molecule has 116 valence electrons. The summed E-state index contributed by atoms with van der Waals surface area (Å²) in [5.74, 6) is 0.763. The molecule has 0 bridgehead atoms. The molecule has 2 rings (SSSR count). The van der Waals surface area contributed by atoms with E-state index < -0.39 is 10.0 Å². The number of hydrogen-bond donors (Lipinski definition) is 2. The van der Waals surface area contributed by atoms with Crippen molar-refractivity contribution in [2.75, 3.05) is 13.1 Å². The van der Waals surface area contributed by atoms with E-state index in [1.165, 1.54) is 0 Å². The summed E-state index contributed by atoms with van der Waals surface area (Å²) in [7, 11) is -1.64. The third-order valence-electron chi connectivity index (χ3n) is 3.19. The zero-order chi connectivity index (χ0) is 15.3. The van der Waals surface area contributed by atoms with Gasteiger partial charge in [-0.3, -0.25) is 0 Å². The summed E-state index contributed by atoms with van der Waals surface area (Å²) in [6.07, 6.45) is 3.74. The monoisotopic (exact) mass is 311 g/mol. The minimum atomic E-state index is -3.48. The Hall–Kier alpha value is -1.57. The van der Waals surface area contributed by atoms with Crippen molar-refractivity contribution in [3.63, 3.8) is 0 Å². The molecular formula is C14H21N3O3S. The zero-order valence-corrected chi connectivity index (χ0v) is 13.1. The van der Waals surface area contributed by atoms with Gasteiger partial charge in [-0.05, 0) is 24.7 Å². The van der Waals surface area contributed by atoms with Crippen LogP contribution in [-0.2, 0) is 30.0 Å². The predicted octanol–water partition coefficient (Wildman–Crippen LogP) is 1.25. The van der Waals surface area contributed by atoms with Gasteiger partial charge in [-0.1, -0.05) is 6.92 Å². The Bertz CT molecular complexity index is 660. The maximum atomic E-state index is 12.2. The summed E-state index contributed by atoms with van der Waals surface area (Å²) < 4.78 is 34.0. The molecule has 0 saturated heterocycles. The SMILES string of the molecule is CCNCc1cc(S(=O)(=O)NCCc2ccco2)cn1C. The van der Waals surface area contributed by atoms with Crippen LogP contribution in [0.1, 0.15) is 18.4 Å². The molecular weight excluding hydrogens is 290 g/mol. The fourth-order valence-corrected chi connectivity index (χ4v) is 3.13. The molecule has 0 atom stereocenters. The van der Waals surface area contributed by atoms with E-state index >= 15 is 0 Å². The Morgan fingerprint density at radius 3 is 2.86 bits per heavy atom. The Morgan fingerprint density at radius 2 is 2.19 bits per heavy atom. The molecule has 2 N–H and O–H groups in total. The van der Waals surface area contributed by atoms with E-state index in [1.54, 1.807) is 24.6 Å². The van der Waals surface area contributed by atoms with Crippen molar-refractivity contribution in [2.45, 2.75) is 24.8 Å². The van der Waals surface area contributed by atoms with E-state index in [0.717, 1.165) is 18.0 Å². The van der Waals surface area contributed by atoms with Gasteiger partial charge in [0, 0.05) is 38.4 Å². The summed E-state index contributed by atoms with van der Waals surface area (Å²) in [5, 5.41) is 3.18. The smallest absolute Gasteiger partial charge is 0.242 e. The van der Waals surface area contributed by atoms with E-state index in [1.807, 2.05) is 24.6 Å². The fourth-order valence-electron chi connectivity index (χ4n) is 2.00. The standard InChI is InChI=1S/C14H21N3O3S/c1-3-15-10-12-9-14(11-17(12)2)21(18,19)16-7-6-13-5-4-8-20-13/h4-5,8-9,11,15-16H,3,6-7,10H2,1-2H3. The highest BCUT2D eigenvalue weighted by Gasteiger charge is 2.17. The first kappa shape index (κ1) is 15.8. The highest BCUT2D eigenvalue weighted by molar-refractivity contribution is 7.89. The zero-order valence-electron chi connectivity index (χ0n) is 12.3. The summed E-state index contributed by atoms with van der Waals surface area (Å²) in [6, 6.07) is 5.30. The largest absolute Gasteiger partial charge is 0.469 e. The number of hydrogen-bond acceptors (Lipinski definition) is 4. The van der Waals surface area contributed by atoms with Crippen molar-refractivity contribution in [3.8, 4) is 0 Å². The molecule has 0 unspecified atom stereocenters. The molecule has 0 spiro atoms. The molecule has 0 fully saturated rings. The van der Waals surface area contributed by atoms with Gasteiger partial charge in [-0.15, -0.1) is 0 Å². The molecule has 2 heterocycles. The molecule has 0 aliphatic carbocycles. The van der Waals surface area contributed by atoms with Gasteiger partial charge in [0.15, 0.2) is 0 Å². The normalized spacial score (nSPS) is 11.9. The van der Waals surface area contributed by atoms with Crippen molar-refractivity contribution in [1.82, 2.24) is 14.6 Å². The molecule has 6 nitrogen and oxygen atoms in total. The minimum Gasteiger partial charge on any atom is -0.469 e. The fraction of sp³-hybridized carbons (Fsp3) is 0.429. The molecule has 0 radical (unpaired) electrons. The number of nitrogens with zero attached hydrogens (tertiary/aromatic N) is 1. The van der Waals surface area contributed by atoms with Gasteiger partial charge < -0.3 is 14.3 Å². The Labute approximate surface area is 125 Å². The lowest BCUT2D eigenvalue weighted by atomic mass is 10.3. The van der Waals surface area contributed by atoms with E-state index in [4.69, 9.17) is 4.42 Å². The van der Waals surface area contributed by atoms with Crippen LogP contribution in [0.5, 0.6) is 0 Å². The second-order valence-corrected chi connectivity index (χ2v) is 6.55. The number of nitrogens with one attached hydrogen (secondary N) is 2. The third kappa shape index (κ3) is 4.20. The van der Waals surface area contributed by atoms with Crippen LogP contribution in [0, 0.1) is 0 Å². The minimum absolute atomic E-state index is 0.289. The van der Waals surface area contributed by atoms with Crippen molar-refractivity contribution in [1.29, 1.82) is 0 Å². The quantitative estimate of drug-likeness (QED) is 0.769. The average Bonchev–Trinajstić information content (AvgIpc) is 3.06. The van der Waals surface area contributed by atoms with E-state index in [9.17, 15) is 8.42 Å². The topological polar surface area (TPSA) is 76.3 Å². The maximum Gasteiger partial charge on any atom is 0.242 e. The van der Waals surface area contributed by atoms with Crippen LogP contribution >= 0.6 is 0 Å². The van der Waals surface area contributed by atoms with Crippen LogP contribution in [0.4, 0.5) is 0 Å². The Balaban J connectivity index is 1.98. The molecule has 0 aliphatic rings. The number of aryl methyl sites for hydroxylation is 1. The predicted molar refractivity (Wildman–Crippen MR) is 80.4 cm³/mol. The van der Waals surface area contributed by atoms with E-state index in [2.05, 4.69) is 10.0 Å². The van der Waals surface area contributed by atoms with Gasteiger partial charge in [0.25, 0.3) is 0 Å². The van der Waals surface area contributed by atoms with E-state index in [0.29, 0.717) is 19.5 Å². The Morgan fingerprint density at radius 1 is 1.38 bits per heavy atom. The third-order valence-corrected chi connectivity index (χ3v) is 4.62. The highest BCUT2D eigenvalue weighted by Crippen LogP contribution is 2.13. The van der Waals surface area contributed by atoms with Gasteiger partial charge >= 0.3 is 0 Å². The maximum absolute atomic E-state index is 12.2. The number of rotatable bonds is 8. The van der Waals surface area contributed by atoms with Crippen LogP contribution < -0.4 is 10.0 Å². The number of furan rings is 1. The Kier molecular flexibility index (Phi) is 5.22. The first-order chi connectivity index (χ1) is 10.0. The summed E-state index contributed by atoms with van der Waals surface area (Å²) in [4.78, 5) is 0.289. The van der Waals surface area contributed by atoms with Crippen LogP contribution in [0.15, 0.2) is 40.0 Å². The van der Waals surface area contributed by atoms with Crippen LogP contribution in [-0.4, -0.2) is 26.1 Å². The second kappa shape index (κ2) is 6.93. The van der Waals surface area contributed by atoms with E-state index in [-0.39, 0.29) is 4.90 Å². The van der Waals surface area contributed by atoms with Gasteiger partial charge in [0.05, 0.1) is 11.2 Å². The average molecular weight is 311 g/mol. The lowest BCUT2D eigenvalue weighted by Crippen LogP contribution is -2.25. The molecule has 7 heteroatoms. The van der Waals surface area contributed by atoms with Gasteiger partial charge in [-0.25, -0.2) is 13.1 Å². The van der Waals surface area contributed by atoms with Crippen LogP contribution in [0.25, 0.3) is 0 Å². The lowest BCUT2D eigenvalue weighted by Gasteiger charge is -2.03. The van der Waals surface area contributed by atoms with Crippen molar-refractivity contribution in [2.24, 2.45) is 7.05 Å². The second-order valence-electron chi connectivity index (χ2n) is 4.79. The highest BCUT2D eigenvalue weighted by atomic mass is 32.2. The molecule has 2 aromatic rings. The number of aromatic nitrogens is 1. The lowest BCUT2D eigenvalue weighted by molar-refractivity contribution is 0.506. The van der Waals surface area contributed by atoms with Crippen molar-refractivity contribution in [3.05, 3.63) is 42.1 Å². The summed E-state index contributed by atoms with van der Waals surface area (Å²) in [6.45, 7) is 3.81. The van der Waals surface area contributed by atoms with Crippen LogP contribution in [0.2, 0.25) is 0 Å². The first-order valence-electron chi connectivity index (χ1n) is 6.91. The molecule has 0 aliphatic heterocycles.